The maximum atomic E-state index is 5.61. The smallest absolute Gasteiger partial charge is 0.224 e. The summed E-state index contributed by atoms with van der Waals surface area (Å²) in [7, 11) is 0. The molecule has 0 aliphatic carbocycles. The van der Waals surface area contributed by atoms with E-state index in [0.29, 0.717) is 12.4 Å². The topological polar surface area (TPSA) is 76.8 Å². The Morgan fingerprint density at radius 1 is 1.39 bits per heavy atom. The number of nitrogens with zero attached hydrogens (tertiary/aromatic N) is 2. The second-order valence-corrected chi connectivity index (χ2v) is 4.11. The Kier molecular flexibility index (Phi) is 3.88. The minimum absolute atomic E-state index is 0.223. The number of nitrogen functional groups attached to an aromatic ring is 1. The minimum atomic E-state index is 0.223. The van der Waals surface area contributed by atoms with Gasteiger partial charge in [-0.05, 0) is 30.8 Å². The fourth-order valence-corrected chi connectivity index (χ4v) is 1.68. The molecule has 0 atom stereocenters. The predicted molar refractivity (Wildman–Crippen MR) is 72.9 cm³/mol. The molecule has 0 radical (unpaired) electrons. The molecule has 94 valence electrons. The predicted octanol–water partition coefficient (Wildman–Crippen LogP) is 2.57. The third-order valence-corrected chi connectivity index (χ3v) is 2.43. The van der Waals surface area contributed by atoms with Crippen LogP contribution < -0.4 is 10.5 Å². The van der Waals surface area contributed by atoms with Crippen molar-refractivity contribution in [2.45, 2.75) is 13.3 Å². The minimum Gasteiger partial charge on any atom is -0.494 e. The van der Waals surface area contributed by atoms with Crippen molar-refractivity contribution >= 4 is 18.2 Å². The summed E-state index contributed by atoms with van der Waals surface area (Å²) in [5.41, 5.74) is 6.48. The molecule has 0 saturated heterocycles. The summed E-state index contributed by atoms with van der Waals surface area (Å²) in [5, 5.41) is 0. The van der Waals surface area contributed by atoms with E-state index >= 15 is 0 Å². The highest BCUT2D eigenvalue weighted by atomic mass is 32.1. The van der Waals surface area contributed by atoms with Gasteiger partial charge in [0.1, 0.15) is 11.6 Å². The summed E-state index contributed by atoms with van der Waals surface area (Å²) in [4.78, 5) is 10.8. The summed E-state index contributed by atoms with van der Waals surface area (Å²) in [6.07, 6.45) is 0.965. The number of ether oxygens (including phenoxy) is 1. The number of hydrogen-bond donors (Lipinski definition) is 2. The van der Waals surface area contributed by atoms with E-state index in [1.807, 2.05) is 24.3 Å². The number of aromatic amines is 1. The van der Waals surface area contributed by atoms with Crippen LogP contribution in [0.5, 0.6) is 5.75 Å². The number of benzene rings is 1. The lowest BCUT2D eigenvalue weighted by Crippen LogP contribution is -2.00. The molecule has 0 bridgehead atoms. The van der Waals surface area contributed by atoms with Crippen molar-refractivity contribution in [3.05, 3.63) is 29.0 Å². The Morgan fingerprint density at radius 3 is 2.94 bits per heavy atom. The zero-order chi connectivity index (χ0) is 13.0. The molecule has 2 rings (SSSR count). The van der Waals surface area contributed by atoms with Crippen LogP contribution in [0.4, 0.5) is 5.95 Å². The fraction of sp³-hybridized carbons (Fsp3) is 0.250. The molecule has 0 saturated carbocycles. The van der Waals surface area contributed by atoms with Gasteiger partial charge in [0.25, 0.3) is 0 Å². The Morgan fingerprint density at radius 2 is 2.22 bits per heavy atom. The van der Waals surface area contributed by atoms with Gasteiger partial charge < -0.3 is 15.5 Å². The standard InChI is InChI=1S/C12H14N4OS/c1-2-6-17-9-5-3-4-8(7-9)10-14-11(13)16-12(18)15-10/h3-5,7H,2,6H2,1H3,(H3,13,14,15,16,18). The molecular formula is C12H14N4OS. The quantitative estimate of drug-likeness (QED) is 0.828. The average Bonchev–Trinajstić information content (AvgIpc) is 2.35. The zero-order valence-electron chi connectivity index (χ0n) is 10.0. The van der Waals surface area contributed by atoms with Crippen LogP contribution in [-0.4, -0.2) is 21.6 Å². The van der Waals surface area contributed by atoms with E-state index in [9.17, 15) is 0 Å². The van der Waals surface area contributed by atoms with Gasteiger partial charge in [0.15, 0.2) is 0 Å². The summed E-state index contributed by atoms with van der Waals surface area (Å²) < 4.78 is 5.79. The maximum Gasteiger partial charge on any atom is 0.224 e. The van der Waals surface area contributed by atoms with Gasteiger partial charge >= 0.3 is 0 Å². The van der Waals surface area contributed by atoms with E-state index in [0.717, 1.165) is 17.7 Å². The van der Waals surface area contributed by atoms with Crippen LogP contribution in [-0.2, 0) is 0 Å². The first-order valence-electron chi connectivity index (χ1n) is 5.66. The highest BCUT2D eigenvalue weighted by Gasteiger charge is 2.03. The van der Waals surface area contributed by atoms with Gasteiger partial charge in [0.2, 0.25) is 10.7 Å². The van der Waals surface area contributed by atoms with Crippen LogP contribution in [0.25, 0.3) is 11.4 Å². The number of nitrogens with two attached hydrogens (primary N) is 1. The van der Waals surface area contributed by atoms with Crippen LogP contribution in [0.3, 0.4) is 0 Å². The second kappa shape index (κ2) is 5.59. The normalized spacial score (nSPS) is 10.3. The van der Waals surface area contributed by atoms with Gasteiger partial charge in [-0.3, -0.25) is 0 Å². The molecule has 6 heteroatoms. The lowest BCUT2D eigenvalue weighted by atomic mass is 10.2. The first kappa shape index (κ1) is 12.5. The van der Waals surface area contributed by atoms with Gasteiger partial charge in [-0.25, -0.2) is 4.98 Å². The molecular weight excluding hydrogens is 248 g/mol. The lowest BCUT2D eigenvalue weighted by molar-refractivity contribution is 0.317. The van der Waals surface area contributed by atoms with Gasteiger partial charge in [-0.15, -0.1) is 0 Å². The molecule has 1 aromatic heterocycles. The van der Waals surface area contributed by atoms with E-state index in [2.05, 4.69) is 21.9 Å². The van der Waals surface area contributed by atoms with E-state index in [4.69, 9.17) is 22.7 Å². The highest BCUT2D eigenvalue weighted by molar-refractivity contribution is 7.71. The van der Waals surface area contributed by atoms with Gasteiger partial charge in [0, 0.05) is 5.56 Å². The Balaban J connectivity index is 2.35. The van der Waals surface area contributed by atoms with Crippen LogP contribution in [0.2, 0.25) is 0 Å². The molecule has 5 nitrogen and oxygen atoms in total. The molecule has 18 heavy (non-hydrogen) atoms. The largest absolute Gasteiger partial charge is 0.494 e. The Labute approximate surface area is 110 Å². The molecule has 1 heterocycles. The van der Waals surface area contributed by atoms with E-state index in [1.165, 1.54) is 0 Å². The third kappa shape index (κ3) is 3.04. The number of H-pyrrole nitrogens is 1. The highest BCUT2D eigenvalue weighted by Crippen LogP contribution is 2.21. The first-order chi connectivity index (χ1) is 8.69. The number of rotatable bonds is 4. The van der Waals surface area contributed by atoms with E-state index in [-0.39, 0.29) is 10.7 Å². The average molecular weight is 262 g/mol. The van der Waals surface area contributed by atoms with Gasteiger partial charge in [0.05, 0.1) is 6.61 Å². The van der Waals surface area contributed by atoms with Crippen molar-refractivity contribution in [2.24, 2.45) is 0 Å². The SMILES string of the molecule is CCCOc1cccc(-c2nc(=S)nc(N)[nH]2)c1. The van der Waals surface area contributed by atoms with E-state index in [1.54, 1.807) is 0 Å². The van der Waals surface area contributed by atoms with Gasteiger partial charge in [-0.2, -0.15) is 4.98 Å². The molecule has 0 spiro atoms. The molecule has 0 aliphatic rings. The number of nitrogens with one attached hydrogen (secondary N) is 1. The van der Waals surface area contributed by atoms with Crippen molar-refractivity contribution < 1.29 is 4.74 Å². The second-order valence-electron chi connectivity index (χ2n) is 3.74. The molecule has 0 aliphatic heterocycles. The summed E-state index contributed by atoms with van der Waals surface area (Å²) >= 11 is 4.94. The fourth-order valence-electron chi connectivity index (χ4n) is 1.49. The zero-order valence-corrected chi connectivity index (χ0v) is 10.8. The number of hydrogen-bond acceptors (Lipinski definition) is 5. The lowest BCUT2D eigenvalue weighted by Gasteiger charge is -2.07. The van der Waals surface area contributed by atoms with Crippen LogP contribution in [0.15, 0.2) is 24.3 Å². The maximum absolute atomic E-state index is 5.61. The molecule has 0 amide bonds. The van der Waals surface area contributed by atoms with Crippen molar-refractivity contribution in [1.29, 1.82) is 0 Å². The number of aromatic nitrogens is 3. The summed E-state index contributed by atoms with van der Waals surface area (Å²) in [6, 6.07) is 7.60. The Bertz CT molecular complexity index is 597. The van der Waals surface area contributed by atoms with Crippen molar-refractivity contribution in [3.8, 4) is 17.1 Å². The molecule has 2 aromatic rings. The molecule has 0 fully saturated rings. The van der Waals surface area contributed by atoms with Crippen LogP contribution in [0, 0.1) is 4.77 Å². The van der Waals surface area contributed by atoms with Gasteiger partial charge in [-0.1, -0.05) is 19.1 Å². The molecule has 1 aromatic carbocycles. The van der Waals surface area contributed by atoms with Crippen molar-refractivity contribution in [1.82, 2.24) is 15.0 Å². The summed E-state index contributed by atoms with van der Waals surface area (Å²) in [5.74, 6) is 1.64. The first-order valence-corrected chi connectivity index (χ1v) is 6.07. The van der Waals surface area contributed by atoms with Crippen LogP contribution >= 0.6 is 12.2 Å². The summed E-state index contributed by atoms with van der Waals surface area (Å²) in [6.45, 7) is 2.75. The Hall–Kier alpha value is -1.95. The van der Waals surface area contributed by atoms with E-state index < -0.39 is 0 Å². The monoisotopic (exact) mass is 262 g/mol. The number of anilines is 1. The third-order valence-electron chi connectivity index (χ3n) is 2.25. The van der Waals surface area contributed by atoms with Crippen LogP contribution in [0.1, 0.15) is 13.3 Å². The molecule has 3 N–H and O–H groups in total. The molecule has 0 unspecified atom stereocenters. The van der Waals surface area contributed by atoms with Crippen molar-refractivity contribution in [2.75, 3.05) is 12.3 Å². The van der Waals surface area contributed by atoms with Crippen molar-refractivity contribution in [3.63, 3.8) is 0 Å².